The fraction of sp³-hybridized carbons (Fsp3) is 0.241. The van der Waals surface area contributed by atoms with Gasteiger partial charge in [0.1, 0.15) is 0 Å². The Morgan fingerprint density at radius 1 is 1.00 bits per heavy atom. The van der Waals surface area contributed by atoms with E-state index in [4.69, 9.17) is 12.2 Å². The standard InChI is InChI=1S/C29H31N5O2S2/c1-5-21-9-13-23(14-10-21)33-19(2)18-25(20(33)3)28-27(26-8-6-7-17-30-26)31-29(37)34(28)24-15-11-22(12-16-24)32-38(4,35)36/h6-18,27-28,32H,5H2,1-4H3,(H,31,37)/t27-,28+/m0/s1. The molecule has 4 aromatic rings. The Labute approximate surface area is 229 Å². The minimum absolute atomic E-state index is 0.166. The van der Waals surface area contributed by atoms with Gasteiger partial charge in [0.05, 0.1) is 24.0 Å². The van der Waals surface area contributed by atoms with Crippen molar-refractivity contribution in [1.29, 1.82) is 0 Å². The first-order valence-electron chi connectivity index (χ1n) is 12.5. The molecule has 1 aliphatic heterocycles. The van der Waals surface area contributed by atoms with E-state index in [-0.39, 0.29) is 12.1 Å². The summed E-state index contributed by atoms with van der Waals surface area (Å²) >= 11 is 5.87. The van der Waals surface area contributed by atoms with Gasteiger partial charge in [-0.1, -0.05) is 25.1 Å². The van der Waals surface area contributed by atoms with Gasteiger partial charge in [0.15, 0.2) is 5.11 Å². The second-order valence-electron chi connectivity index (χ2n) is 9.60. The highest BCUT2D eigenvalue weighted by Gasteiger charge is 2.42. The molecule has 2 aromatic carbocycles. The smallest absolute Gasteiger partial charge is 0.229 e. The molecule has 1 fully saturated rings. The Morgan fingerprint density at radius 2 is 1.68 bits per heavy atom. The molecule has 0 amide bonds. The third-order valence-electron chi connectivity index (χ3n) is 6.94. The molecule has 0 radical (unpaired) electrons. The van der Waals surface area contributed by atoms with E-state index >= 15 is 0 Å². The lowest BCUT2D eigenvalue weighted by molar-refractivity contribution is 0.565. The highest BCUT2D eigenvalue weighted by Crippen LogP contribution is 2.44. The number of aromatic nitrogens is 2. The lowest BCUT2D eigenvalue weighted by Gasteiger charge is -2.28. The molecule has 2 aromatic heterocycles. The lowest BCUT2D eigenvalue weighted by atomic mass is 9.96. The molecule has 9 heteroatoms. The third kappa shape index (κ3) is 5.04. The number of pyridine rings is 1. The van der Waals surface area contributed by atoms with Crippen molar-refractivity contribution in [2.45, 2.75) is 39.3 Å². The van der Waals surface area contributed by atoms with Crippen LogP contribution in [0, 0.1) is 13.8 Å². The van der Waals surface area contributed by atoms with Gasteiger partial charge in [-0.25, -0.2) is 8.42 Å². The summed E-state index contributed by atoms with van der Waals surface area (Å²) in [5.41, 5.74) is 8.09. The monoisotopic (exact) mass is 545 g/mol. The van der Waals surface area contributed by atoms with Crippen LogP contribution in [0.4, 0.5) is 11.4 Å². The summed E-state index contributed by atoms with van der Waals surface area (Å²) in [6.45, 7) is 6.42. The van der Waals surface area contributed by atoms with Crippen LogP contribution in [-0.2, 0) is 16.4 Å². The highest BCUT2D eigenvalue weighted by atomic mass is 32.2. The Morgan fingerprint density at radius 3 is 2.29 bits per heavy atom. The van der Waals surface area contributed by atoms with E-state index in [9.17, 15) is 8.42 Å². The van der Waals surface area contributed by atoms with Crippen molar-refractivity contribution in [2.75, 3.05) is 15.9 Å². The van der Waals surface area contributed by atoms with E-state index in [2.05, 4.69) is 75.6 Å². The summed E-state index contributed by atoms with van der Waals surface area (Å²) in [5.74, 6) is 0. The summed E-state index contributed by atoms with van der Waals surface area (Å²) < 4.78 is 28.2. The number of rotatable bonds is 7. The first kappa shape index (κ1) is 25.9. The van der Waals surface area contributed by atoms with E-state index in [1.807, 2.05) is 30.3 Å². The van der Waals surface area contributed by atoms with Crippen LogP contribution in [0.3, 0.4) is 0 Å². The Hall–Kier alpha value is -3.69. The molecule has 1 saturated heterocycles. The van der Waals surface area contributed by atoms with Crippen molar-refractivity contribution in [3.05, 3.63) is 107 Å². The molecule has 0 unspecified atom stereocenters. The summed E-state index contributed by atoms with van der Waals surface area (Å²) in [5, 5.41) is 4.09. The minimum Gasteiger partial charge on any atom is -0.351 e. The number of anilines is 2. The number of aryl methyl sites for hydroxylation is 2. The van der Waals surface area contributed by atoms with E-state index in [0.29, 0.717) is 10.8 Å². The second-order valence-corrected chi connectivity index (χ2v) is 11.7. The molecular weight excluding hydrogens is 514 g/mol. The Bertz CT molecular complexity index is 1560. The number of benzene rings is 2. The number of nitrogens with one attached hydrogen (secondary N) is 2. The number of nitrogens with zero attached hydrogens (tertiary/aromatic N) is 3. The number of hydrogen-bond acceptors (Lipinski definition) is 4. The fourth-order valence-corrected chi connectivity index (χ4v) is 6.13. The summed E-state index contributed by atoms with van der Waals surface area (Å²) in [7, 11) is -3.37. The van der Waals surface area contributed by atoms with Gasteiger partial charge >= 0.3 is 0 Å². The van der Waals surface area contributed by atoms with Gasteiger partial charge in [-0.2, -0.15) is 0 Å². The fourth-order valence-electron chi connectivity index (χ4n) is 5.22. The number of sulfonamides is 1. The SMILES string of the molecule is CCc1ccc(-n2c(C)cc([C@@H]3[C@H](c4ccccn4)NC(=S)N3c3ccc(NS(C)(=O)=O)cc3)c2C)cc1. The molecule has 0 spiro atoms. The van der Waals surface area contributed by atoms with Crippen LogP contribution in [0.25, 0.3) is 5.69 Å². The van der Waals surface area contributed by atoms with Crippen LogP contribution < -0.4 is 14.9 Å². The molecule has 2 atom stereocenters. The van der Waals surface area contributed by atoms with E-state index in [1.54, 1.807) is 18.3 Å². The van der Waals surface area contributed by atoms with Gasteiger partial charge in [0.25, 0.3) is 0 Å². The topological polar surface area (TPSA) is 79.3 Å². The van der Waals surface area contributed by atoms with Crippen molar-refractivity contribution in [2.24, 2.45) is 0 Å². The third-order valence-corrected chi connectivity index (χ3v) is 7.86. The molecule has 2 N–H and O–H groups in total. The quantitative estimate of drug-likeness (QED) is 0.294. The van der Waals surface area contributed by atoms with Crippen LogP contribution in [0.5, 0.6) is 0 Å². The molecule has 5 rings (SSSR count). The van der Waals surface area contributed by atoms with Crippen LogP contribution in [0.2, 0.25) is 0 Å². The molecule has 0 saturated carbocycles. The van der Waals surface area contributed by atoms with Gasteiger partial charge in [-0.05, 0) is 98.2 Å². The first-order valence-corrected chi connectivity index (χ1v) is 14.8. The van der Waals surface area contributed by atoms with Gasteiger partial charge in [-0.15, -0.1) is 0 Å². The maximum absolute atomic E-state index is 11.7. The molecule has 196 valence electrons. The molecule has 3 heterocycles. The van der Waals surface area contributed by atoms with Crippen LogP contribution >= 0.6 is 12.2 Å². The summed E-state index contributed by atoms with van der Waals surface area (Å²) in [4.78, 5) is 6.76. The molecule has 38 heavy (non-hydrogen) atoms. The predicted molar refractivity (Wildman–Crippen MR) is 157 cm³/mol. The van der Waals surface area contributed by atoms with E-state index in [1.165, 1.54) is 5.56 Å². The summed E-state index contributed by atoms with van der Waals surface area (Å²) in [6, 6.07) is 23.8. The Balaban J connectivity index is 1.61. The summed E-state index contributed by atoms with van der Waals surface area (Å²) in [6.07, 6.45) is 3.93. The lowest BCUT2D eigenvalue weighted by Crippen LogP contribution is -2.29. The van der Waals surface area contributed by atoms with Crippen molar-refractivity contribution in [3.63, 3.8) is 0 Å². The largest absolute Gasteiger partial charge is 0.351 e. The number of hydrogen-bond donors (Lipinski definition) is 2. The maximum atomic E-state index is 11.7. The molecule has 1 aliphatic rings. The zero-order chi connectivity index (χ0) is 27.0. The second kappa shape index (κ2) is 10.2. The van der Waals surface area contributed by atoms with E-state index < -0.39 is 10.0 Å². The molecule has 0 bridgehead atoms. The zero-order valence-corrected chi connectivity index (χ0v) is 23.5. The van der Waals surface area contributed by atoms with Crippen LogP contribution in [0.1, 0.15) is 47.2 Å². The molecule has 0 aliphatic carbocycles. The van der Waals surface area contributed by atoms with Gasteiger partial charge in [0, 0.05) is 34.6 Å². The van der Waals surface area contributed by atoms with Gasteiger partial charge in [-0.3, -0.25) is 9.71 Å². The van der Waals surface area contributed by atoms with Gasteiger partial charge < -0.3 is 14.8 Å². The minimum atomic E-state index is -3.37. The van der Waals surface area contributed by atoms with Gasteiger partial charge in [0.2, 0.25) is 10.0 Å². The number of thiocarbonyl (C=S) groups is 1. The van der Waals surface area contributed by atoms with E-state index in [0.717, 1.165) is 46.7 Å². The van der Waals surface area contributed by atoms with Crippen molar-refractivity contribution < 1.29 is 8.42 Å². The average Bonchev–Trinajstić information content (AvgIpc) is 3.39. The molecular formula is C29H31N5O2S2. The average molecular weight is 546 g/mol. The predicted octanol–water partition coefficient (Wildman–Crippen LogP) is 5.60. The Kier molecular flexibility index (Phi) is 6.98. The normalized spacial score (nSPS) is 17.5. The molecule has 7 nitrogen and oxygen atoms in total. The van der Waals surface area contributed by atoms with Crippen molar-refractivity contribution in [3.8, 4) is 5.69 Å². The zero-order valence-electron chi connectivity index (χ0n) is 21.8. The highest BCUT2D eigenvalue weighted by molar-refractivity contribution is 7.92. The van der Waals surface area contributed by atoms with Crippen LogP contribution in [-0.4, -0.2) is 29.3 Å². The van der Waals surface area contributed by atoms with Crippen molar-refractivity contribution >= 4 is 38.7 Å². The van der Waals surface area contributed by atoms with Crippen LogP contribution in [0.15, 0.2) is 79.0 Å². The maximum Gasteiger partial charge on any atom is 0.229 e. The first-order chi connectivity index (χ1) is 18.2. The van der Waals surface area contributed by atoms with Crippen molar-refractivity contribution in [1.82, 2.24) is 14.9 Å².